The number of aryl methyl sites for hydroxylation is 1. The van der Waals surface area contributed by atoms with E-state index in [2.05, 4.69) is 5.32 Å². The van der Waals surface area contributed by atoms with E-state index < -0.39 is 18.5 Å². The molecule has 0 aliphatic carbocycles. The van der Waals surface area contributed by atoms with Crippen molar-refractivity contribution >= 4 is 17.7 Å². The Labute approximate surface area is 158 Å². The van der Waals surface area contributed by atoms with Crippen LogP contribution in [-0.4, -0.2) is 44.5 Å². The largest absolute Gasteiger partial charge is 0.452 e. The van der Waals surface area contributed by atoms with Gasteiger partial charge in [-0.05, 0) is 19.4 Å². The van der Waals surface area contributed by atoms with Crippen molar-refractivity contribution in [1.29, 1.82) is 0 Å². The van der Waals surface area contributed by atoms with Gasteiger partial charge in [0.25, 0.3) is 5.91 Å². The summed E-state index contributed by atoms with van der Waals surface area (Å²) in [5.41, 5.74) is 1.90. The average Bonchev–Trinajstić information content (AvgIpc) is 2.69. The van der Waals surface area contributed by atoms with E-state index in [9.17, 15) is 14.4 Å². The van der Waals surface area contributed by atoms with Crippen LogP contribution in [0.15, 0.2) is 48.5 Å². The van der Waals surface area contributed by atoms with Crippen LogP contribution in [0, 0.1) is 6.92 Å². The molecule has 2 rings (SSSR count). The van der Waals surface area contributed by atoms with Crippen molar-refractivity contribution in [1.82, 2.24) is 5.32 Å². The number of ether oxygens (including phenoxy) is 2. The minimum atomic E-state index is -0.710. The molecule has 0 spiro atoms. The number of ketones is 1. The predicted molar refractivity (Wildman–Crippen MR) is 101 cm³/mol. The van der Waals surface area contributed by atoms with E-state index in [0.29, 0.717) is 25.1 Å². The third kappa shape index (κ3) is 6.04. The molecule has 1 amide bonds. The van der Waals surface area contributed by atoms with Gasteiger partial charge in [0.05, 0.1) is 5.56 Å². The Morgan fingerprint density at radius 3 is 2.30 bits per heavy atom. The first-order valence-electron chi connectivity index (χ1n) is 8.66. The molecule has 6 heteroatoms. The van der Waals surface area contributed by atoms with Gasteiger partial charge in [0.15, 0.2) is 12.4 Å². The van der Waals surface area contributed by atoms with E-state index in [1.54, 1.807) is 37.4 Å². The van der Waals surface area contributed by atoms with E-state index in [1.807, 2.05) is 19.1 Å². The van der Waals surface area contributed by atoms with Gasteiger partial charge >= 0.3 is 5.97 Å². The number of rotatable bonds is 9. The van der Waals surface area contributed by atoms with E-state index in [4.69, 9.17) is 9.47 Å². The van der Waals surface area contributed by atoms with Gasteiger partial charge in [-0.15, -0.1) is 0 Å². The van der Waals surface area contributed by atoms with Crippen molar-refractivity contribution in [3.63, 3.8) is 0 Å². The van der Waals surface area contributed by atoms with Gasteiger partial charge in [0.1, 0.15) is 0 Å². The second-order valence-electron chi connectivity index (χ2n) is 6.01. The molecule has 142 valence electrons. The molecule has 0 unspecified atom stereocenters. The van der Waals surface area contributed by atoms with Crippen molar-refractivity contribution in [2.75, 3.05) is 26.9 Å². The molecule has 0 heterocycles. The highest BCUT2D eigenvalue weighted by atomic mass is 16.5. The molecular weight excluding hydrogens is 346 g/mol. The van der Waals surface area contributed by atoms with Gasteiger partial charge in [-0.25, -0.2) is 4.79 Å². The molecule has 2 aromatic carbocycles. The molecule has 0 bridgehead atoms. The first-order chi connectivity index (χ1) is 13.0. The molecule has 0 aliphatic rings. The Balaban J connectivity index is 2.02. The lowest BCUT2D eigenvalue weighted by Gasteiger charge is -2.10. The topological polar surface area (TPSA) is 81.7 Å². The Kier molecular flexibility index (Phi) is 7.70. The molecule has 2 aromatic rings. The number of hydrogen-bond donors (Lipinski definition) is 1. The summed E-state index contributed by atoms with van der Waals surface area (Å²) in [6.45, 7) is 2.50. The lowest BCUT2D eigenvalue weighted by molar-refractivity contribution is -0.124. The summed E-state index contributed by atoms with van der Waals surface area (Å²) in [5, 5.41) is 2.63. The Morgan fingerprint density at radius 1 is 0.963 bits per heavy atom. The van der Waals surface area contributed by atoms with Gasteiger partial charge < -0.3 is 14.8 Å². The summed E-state index contributed by atoms with van der Waals surface area (Å²) in [5.74, 6) is -1.38. The van der Waals surface area contributed by atoms with Crippen LogP contribution in [0.25, 0.3) is 0 Å². The van der Waals surface area contributed by atoms with Crippen molar-refractivity contribution in [3.8, 4) is 0 Å². The lowest BCUT2D eigenvalue weighted by Crippen LogP contribution is -2.30. The highest BCUT2D eigenvalue weighted by Crippen LogP contribution is 2.16. The summed E-state index contributed by atoms with van der Waals surface area (Å²) in [4.78, 5) is 36.8. The Bertz CT molecular complexity index is 798. The summed E-state index contributed by atoms with van der Waals surface area (Å²) in [6, 6.07) is 13.5. The average molecular weight is 369 g/mol. The fourth-order valence-corrected chi connectivity index (χ4v) is 2.42. The van der Waals surface area contributed by atoms with Crippen LogP contribution in [0.3, 0.4) is 0 Å². The zero-order valence-corrected chi connectivity index (χ0v) is 15.5. The zero-order valence-electron chi connectivity index (χ0n) is 15.5. The number of amides is 1. The smallest absolute Gasteiger partial charge is 0.339 e. The minimum Gasteiger partial charge on any atom is -0.452 e. The van der Waals surface area contributed by atoms with Crippen LogP contribution in [-0.2, 0) is 14.3 Å². The van der Waals surface area contributed by atoms with Crippen LogP contribution < -0.4 is 5.32 Å². The standard InChI is InChI=1S/C21H23NO5/c1-15-8-10-16(11-9-15)20(24)17-6-3-4-7-18(17)21(25)27-14-19(23)22-12-5-13-26-2/h3-4,6-11H,5,12-14H2,1-2H3,(H,22,23). The highest BCUT2D eigenvalue weighted by molar-refractivity contribution is 6.14. The SMILES string of the molecule is COCCCNC(=O)COC(=O)c1ccccc1C(=O)c1ccc(C)cc1. The second-order valence-corrected chi connectivity index (χ2v) is 6.01. The summed E-state index contributed by atoms with van der Waals surface area (Å²) >= 11 is 0. The lowest BCUT2D eigenvalue weighted by atomic mass is 9.98. The number of carbonyl (C=O) groups is 3. The van der Waals surface area contributed by atoms with Crippen LogP contribution in [0.4, 0.5) is 0 Å². The van der Waals surface area contributed by atoms with Gasteiger partial charge in [-0.3, -0.25) is 9.59 Å². The van der Waals surface area contributed by atoms with Gasteiger partial charge in [0, 0.05) is 31.4 Å². The third-order valence-corrected chi connectivity index (χ3v) is 3.89. The molecule has 0 atom stereocenters. The molecule has 0 aliphatic heterocycles. The highest BCUT2D eigenvalue weighted by Gasteiger charge is 2.19. The first kappa shape index (κ1) is 20.3. The van der Waals surface area contributed by atoms with Gasteiger partial charge in [-0.2, -0.15) is 0 Å². The third-order valence-electron chi connectivity index (χ3n) is 3.89. The molecule has 0 saturated heterocycles. The molecule has 6 nitrogen and oxygen atoms in total. The number of carbonyl (C=O) groups excluding carboxylic acids is 3. The summed E-state index contributed by atoms with van der Waals surface area (Å²) in [6.07, 6.45) is 0.671. The van der Waals surface area contributed by atoms with Crippen LogP contribution in [0.1, 0.15) is 38.3 Å². The number of nitrogens with one attached hydrogen (secondary N) is 1. The van der Waals surface area contributed by atoms with E-state index >= 15 is 0 Å². The number of methoxy groups -OCH3 is 1. The summed E-state index contributed by atoms with van der Waals surface area (Å²) < 4.78 is 9.95. The zero-order chi connectivity index (χ0) is 19.6. The Morgan fingerprint density at radius 2 is 1.63 bits per heavy atom. The molecule has 0 fully saturated rings. The number of hydrogen-bond acceptors (Lipinski definition) is 5. The maximum atomic E-state index is 12.7. The minimum absolute atomic E-state index is 0.134. The quantitative estimate of drug-likeness (QED) is 0.417. The van der Waals surface area contributed by atoms with Crippen LogP contribution in [0.5, 0.6) is 0 Å². The molecule has 0 aromatic heterocycles. The fourth-order valence-electron chi connectivity index (χ4n) is 2.42. The van der Waals surface area contributed by atoms with Crippen molar-refractivity contribution in [2.24, 2.45) is 0 Å². The van der Waals surface area contributed by atoms with E-state index in [-0.39, 0.29) is 16.9 Å². The second kappa shape index (κ2) is 10.2. The molecular formula is C21H23NO5. The first-order valence-corrected chi connectivity index (χ1v) is 8.66. The van der Waals surface area contributed by atoms with Crippen LogP contribution in [0.2, 0.25) is 0 Å². The van der Waals surface area contributed by atoms with Gasteiger partial charge in [0.2, 0.25) is 0 Å². The van der Waals surface area contributed by atoms with Crippen molar-refractivity contribution in [3.05, 3.63) is 70.8 Å². The molecule has 1 N–H and O–H groups in total. The fraction of sp³-hybridized carbons (Fsp3) is 0.286. The monoisotopic (exact) mass is 369 g/mol. The number of benzene rings is 2. The normalized spacial score (nSPS) is 10.3. The maximum Gasteiger partial charge on any atom is 0.339 e. The molecule has 0 radical (unpaired) electrons. The maximum absolute atomic E-state index is 12.7. The van der Waals surface area contributed by atoms with Crippen LogP contribution >= 0.6 is 0 Å². The number of esters is 1. The predicted octanol–water partition coefficient (Wildman–Crippen LogP) is 2.54. The van der Waals surface area contributed by atoms with Gasteiger partial charge in [-0.1, -0.05) is 48.0 Å². The van der Waals surface area contributed by atoms with Crippen molar-refractivity contribution < 1.29 is 23.9 Å². The Hall–Kier alpha value is -2.99. The van der Waals surface area contributed by atoms with E-state index in [0.717, 1.165) is 5.56 Å². The summed E-state index contributed by atoms with van der Waals surface area (Å²) in [7, 11) is 1.58. The molecule has 27 heavy (non-hydrogen) atoms. The van der Waals surface area contributed by atoms with E-state index in [1.165, 1.54) is 6.07 Å². The van der Waals surface area contributed by atoms with Crippen molar-refractivity contribution in [2.45, 2.75) is 13.3 Å². The molecule has 0 saturated carbocycles.